The first-order valence-electron chi connectivity index (χ1n) is 7.78. The molecule has 0 aliphatic rings. The fourth-order valence-corrected chi connectivity index (χ4v) is 2.42. The standard InChI is InChI=1S/C19H16N4O3/c1-25-19(24)18-17(21)16(11-20)22-23(18)14-7-9-15(10-8-14)26-12-13-5-3-2-4-6-13/h2-10H,12,21H2,1H3. The Balaban J connectivity index is 1.85. The molecule has 0 unspecified atom stereocenters. The molecule has 130 valence electrons. The Kier molecular flexibility index (Phi) is 4.85. The van der Waals surface area contributed by atoms with Crippen LogP contribution >= 0.6 is 0 Å². The number of nitrogens with two attached hydrogens (primary N) is 1. The lowest BCUT2D eigenvalue weighted by Gasteiger charge is -2.09. The molecule has 7 heteroatoms. The van der Waals surface area contributed by atoms with Crippen molar-refractivity contribution in [2.45, 2.75) is 6.61 Å². The number of ether oxygens (including phenoxy) is 2. The lowest BCUT2D eigenvalue weighted by Crippen LogP contribution is -2.12. The molecule has 0 amide bonds. The minimum Gasteiger partial charge on any atom is -0.489 e. The molecule has 2 aromatic carbocycles. The molecule has 1 aromatic heterocycles. The molecule has 0 atom stereocenters. The van der Waals surface area contributed by atoms with E-state index in [0.29, 0.717) is 18.0 Å². The quantitative estimate of drug-likeness (QED) is 0.711. The summed E-state index contributed by atoms with van der Waals surface area (Å²) in [6.45, 7) is 0.445. The monoisotopic (exact) mass is 348 g/mol. The molecule has 0 radical (unpaired) electrons. The van der Waals surface area contributed by atoms with Crippen LogP contribution in [-0.2, 0) is 11.3 Å². The number of methoxy groups -OCH3 is 1. The van der Waals surface area contributed by atoms with Gasteiger partial charge in [-0.15, -0.1) is 0 Å². The van der Waals surface area contributed by atoms with Crippen molar-refractivity contribution in [3.63, 3.8) is 0 Å². The van der Waals surface area contributed by atoms with Crippen molar-refractivity contribution in [2.75, 3.05) is 12.8 Å². The van der Waals surface area contributed by atoms with Gasteiger partial charge in [-0.2, -0.15) is 10.4 Å². The van der Waals surface area contributed by atoms with Crippen molar-refractivity contribution < 1.29 is 14.3 Å². The van der Waals surface area contributed by atoms with E-state index in [1.165, 1.54) is 11.8 Å². The molecule has 0 saturated heterocycles. The van der Waals surface area contributed by atoms with Gasteiger partial charge in [-0.25, -0.2) is 9.48 Å². The average Bonchev–Trinajstić information content (AvgIpc) is 3.03. The maximum absolute atomic E-state index is 12.0. The SMILES string of the molecule is COC(=O)c1c(N)c(C#N)nn1-c1ccc(OCc2ccccc2)cc1. The zero-order valence-corrected chi connectivity index (χ0v) is 14.0. The van der Waals surface area contributed by atoms with Gasteiger partial charge in [0.25, 0.3) is 0 Å². The van der Waals surface area contributed by atoms with E-state index in [0.717, 1.165) is 5.56 Å². The van der Waals surface area contributed by atoms with E-state index < -0.39 is 5.97 Å². The van der Waals surface area contributed by atoms with Crippen molar-refractivity contribution >= 4 is 11.7 Å². The van der Waals surface area contributed by atoms with Gasteiger partial charge >= 0.3 is 5.97 Å². The lowest BCUT2D eigenvalue weighted by atomic mass is 10.2. The molecule has 0 aliphatic heterocycles. The Hall–Kier alpha value is -3.79. The summed E-state index contributed by atoms with van der Waals surface area (Å²) in [7, 11) is 1.24. The Labute approximate surface area is 150 Å². The van der Waals surface area contributed by atoms with Gasteiger partial charge in [0.15, 0.2) is 11.4 Å². The van der Waals surface area contributed by atoms with E-state index in [2.05, 4.69) is 5.10 Å². The number of hydrogen-bond donors (Lipinski definition) is 1. The minimum absolute atomic E-state index is 0.0104. The molecule has 0 saturated carbocycles. The molecule has 0 spiro atoms. The number of esters is 1. The minimum atomic E-state index is -0.666. The number of nitriles is 1. The van der Waals surface area contributed by atoms with Gasteiger partial charge in [-0.1, -0.05) is 30.3 Å². The third-order valence-electron chi connectivity index (χ3n) is 3.74. The van der Waals surface area contributed by atoms with Gasteiger partial charge in [-0.05, 0) is 29.8 Å². The van der Waals surface area contributed by atoms with Crippen molar-refractivity contribution in [3.05, 3.63) is 71.5 Å². The van der Waals surface area contributed by atoms with Crippen molar-refractivity contribution in [1.29, 1.82) is 5.26 Å². The third-order valence-corrected chi connectivity index (χ3v) is 3.74. The van der Waals surface area contributed by atoms with Crippen LogP contribution in [0.3, 0.4) is 0 Å². The van der Waals surface area contributed by atoms with Gasteiger partial charge in [0.1, 0.15) is 24.1 Å². The number of carbonyl (C=O) groups is 1. The normalized spacial score (nSPS) is 10.2. The van der Waals surface area contributed by atoms with Gasteiger partial charge in [0.05, 0.1) is 12.8 Å². The highest BCUT2D eigenvalue weighted by molar-refractivity contribution is 5.95. The molecule has 0 fully saturated rings. The smallest absolute Gasteiger partial charge is 0.359 e. The highest BCUT2D eigenvalue weighted by Gasteiger charge is 2.23. The van der Waals surface area contributed by atoms with Crippen LogP contribution in [0, 0.1) is 11.3 Å². The Bertz CT molecular complexity index is 957. The number of benzene rings is 2. The average molecular weight is 348 g/mol. The fourth-order valence-electron chi connectivity index (χ4n) is 2.42. The number of rotatable bonds is 5. The van der Waals surface area contributed by atoms with Crippen molar-refractivity contribution in [3.8, 4) is 17.5 Å². The van der Waals surface area contributed by atoms with Crippen LogP contribution in [-0.4, -0.2) is 22.9 Å². The largest absolute Gasteiger partial charge is 0.489 e. The first kappa shape index (κ1) is 17.0. The summed E-state index contributed by atoms with van der Waals surface area (Å²) < 4.78 is 11.8. The van der Waals surface area contributed by atoms with Crippen LogP contribution in [0.1, 0.15) is 21.7 Å². The maximum atomic E-state index is 12.0. The molecular formula is C19H16N4O3. The van der Waals surface area contributed by atoms with E-state index in [-0.39, 0.29) is 17.1 Å². The lowest BCUT2D eigenvalue weighted by molar-refractivity contribution is 0.0591. The van der Waals surface area contributed by atoms with Crippen LogP contribution in [0.5, 0.6) is 5.75 Å². The zero-order valence-electron chi connectivity index (χ0n) is 14.0. The van der Waals surface area contributed by atoms with E-state index in [1.54, 1.807) is 24.3 Å². The predicted octanol–water partition coefficient (Wildman–Crippen LogP) is 2.69. The molecule has 0 aliphatic carbocycles. The predicted molar refractivity (Wildman–Crippen MR) is 94.8 cm³/mol. The topological polar surface area (TPSA) is 103 Å². The first-order valence-corrected chi connectivity index (χ1v) is 7.78. The number of nitrogens with zero attached hydrogens (tertiary/aromatic N) is 3. The van der Waals surface area contributed by atoms with Gasteiger partial charge in [0, 0.05) is 0 Å². The van der Waals surface area contributed by atoms with Crippen LogP contribution < -0.4 is 10.5 Å². The second-order valence-corrected chi connectivity index (χ2v) is 5.39. The van der Waals surface area contributed by atoms with E-state index in [9.17, 15) is 4.79 Å². The van der Waals surface area contributed by atoms with Crippen molar-refractivity contribution in [1.82, 2.24) is 9.78 Å². The van der Waals surface area contributed by atoms with Crippen molar-refractivity contribution in [2.24, 2.45) is 0 Å². The van der Waals surface area contributed by atoms with E-state index >= 15 is 0 Å². The van der Waals surface area contributed by atoms with Crippen LogP contribution in [0.15, 0.2) is 54.6 Å². The van der Waals surface area contributed by atoms with Crippen LogP contribution in [0.4, 0.5) is 5.69 Å². The Morgan fingerprint density at radius 2 is 1.88 bits per heavy atom. The summed E-state index contributed by atoms with van der Waals surface area (Å²) in [5.74, 6) is -0.00115. The number of nitrogen functional groups attached to an aromatic ring is 1. The summed E-state index contributed by atoms with van der Waals surface area (Å²) in [6.07, 6.45) is 0. The second-order valence-electron chi connectivity index (χ2n) is 5.39. The summed E-state index contributed by atoms with van der Waals surface area (Å²) in [5, 5.41) is 13.2. The number of hydrogen-bond acceptors (Lipinski definition) is 6. The summed E-state index contributed by atoms with van der Waals surface area (Å²) in [4.78, 5) is 12.0. The molecule has 1 heterocycles. The number of carbonyl (C=O) groups excluding carboxylic acids is 1. The summed E-state index contributed by atoms with van der Waals surface area (Å²) in [5.41, 5.74) is 7.43. The first-order chi connectivity index (χ1) is 12.6. The Morgan fingerprint density at radius 3 is 2.50 bits per heavy atom. The van der Waals surface area contributed by atoms with Gasteiger partial charge < -0.3 is 15.2 Å². The van der Waals surface area contributed by atoms with E-state index in [4.69, 9.17) is 20.5 Å². The van der Waals surface area contributed by atoms with E-state index in [1.807, 2.05) is 36.4 Å². The molecule has 2 N–H and O–H groups in total. The molecule has 26 heavy (non-hydrogen) atoms. The van der Waals surface area contributed by atoms with Gasteiger partial charge in [0.2, 0.25) is 0 Å². The second kappa shape index (κ2) is 7.40. The zero-order chi connectivity index (χ0) is 18.5. The van der Waals surface area contributed by atoms with Gasteiger partial charge in [-0.3, -0.25) is 0 Å². The highest BCUT2D eigenvalue weighted by atomic mass is 16.5. The molecule has 0 bridgehead atoms. The Morgan fingerprint density at radius 1 is 1.19 bits per heavy atom. The highest BCUT2D eigenvalue weighted by Crippen LogP contribution is 2.23. The summed E-state index contributed by atoms with van der Waals surface area (Å²) >= 11 is 0. The molecule has 3 aromatic rings. The van der Waals surface area contributed by atoms with Crippen LogP contribution in [0.25, 0.3) is 5.69 Å². The van der Waals surface area contributed by atoms with Crippen LogP contribution in [0.2, 0.25) is 0 Å². The third kappa shape index (κ3) is 3.35. The molecular weight excluding hydrogens is 332 g/mol. The molecule has 7 nitrogen and oxygen atoms in total. The molecule has 3 rings (SSSR count). The maximum Gasteiger partial charge on any atom is 0.359 e. The number of anilines is 1. The summed E-state index contributed by atoms with van der Waals surface area (Å²) in [6, 6.07) is 18.6. The number of aromatic nitrogens is 2. The fraction of sp³-hybridized carbons (Fsp3) is 0.105.